The van der Waals surface area contributed by atoms with E-state index >= 15 is 0 Å². The van der Waals surface area contributed by atoms with Gasteiger partial charge in [-0.05, 0) is 41.4 Å². The Balaban J connectivity index is 1.55. The number of aromatic nitrogens is 2. The molecule has 0 aromatic carbocycles. The lowest BCUT2D eigenvalue weighted by Crippen LogP contribution is -2.30. The van der Waals surface area contributed by atoms with E-state index in [0.717, 1.165) is 17.0 Å². The number of thioether (sulfide) groups is 1. The van der Waals surface area contributed by atoms with Crippen molar-refractivity contribution in [3.05, 3.63) is 63.8 Å². The van der Waals surface area contributed by atoms with Gasteiger partial charge in [0.25, 0.3) is 5.91 Å². The third-order valence-electron chi connectivity index (χ3n) is 3.78. The fourth-order valence-electron chi connectivity index (χ4n) is 2.35. The molecule has 0 atom stereocenters. The highest BCUT2D eigenvalue weighted by Crippen LogP contribution is 2.24. The summed E-state index contributed by atoms with van der Waals surface area (Å²) in [5.74, 6) is 0.387. The van der Waals surface area contributed by atoms with Crippen molar-refractivity contribution in [2.24, 2.45) is 0 Å². The van der Waals surface area contributed by atoms with Gasteiger partial charge in [0.2, 0.25) is 0 Å². The van der Waals surface area contributed by atoms with E-state index in [1.54, 1.807) is 36.7 Å². The smallest absolute Gasteiger partial charge is 0.341 e. The number of hydrogen-bond acceptors (Lipinski definition) is 8. The van der Waals surface area contributed by atoms with E-state index in [0.29, 0.717) is 22.9 Å². The number of rotatable bonds is 8. The second-order valence-corrected chi connectivity index (χ2v) is 7.78. The molecule has 0 saturated carbocycles. The standard InChI is InChI=1S/C19H19N3O4S2/c1-13-8-15(21-26-13)12-28-18-16(4-3-6-20-18)19(24)25-10-17(23)22(2)9-14-5-7-27-11-14/h3-8,11H,9-10,12H2,1-2H3. The second kappa shape index (κ2) is 9.52. The van der Waals surface area contributed by atoms with Crippen LogP contribution in [0.1, 0.15) is 27.4 Å². The Hall–Kier alpha value is -2.65. The highest BCUT2D eigenvalue weighted by molar-refractivity contribution is 7.98. The first-order chi connectivity index (χ1) is 13.5. The molecule has 0 saturated heterocycles. The van der Waals surface area contributed by atoms with E-state index in [1.165, 1.54) is 16.7 Å². The van der Waals surface area contributed by atoms with Crippen LogP contribution in [-0.2, 0) is 21.8 Å². The summed E-state index contributed by atoms with van der Waals surface area (Å²) in [5, 5.41) is 8.38. The number of likely N-dealkylation sites (N-methyl/N-ethyl adjacent to an activating group) is 1. The molecule has 1 amide bonds. The topological polar surface area (TPSA) is 85.5 Å². The molecule has 7 nitrogen and oxygen atoms in total. The van der Waals surface area contributed by atoms with Crippen LogP contribution in [0.4, 0.5) is 0 Å². The van der Waals surface area contributed by atoms with Gasteiger partial charge in [-0.15, -0.1) is 0 Å². The first-order valence-corrected chi connectivity index (χ1v) is 10.4. The van der Waals surface area contributed by atoms with Gasteiger partial charge in [-0.25, -0.2) is 9.78 Å². The number of pyridine rings is 1. The number of carbonyl (C=O) groups excluding carboxylic acids is 2. The number of carbonyl (C=O) groups is 2. The number of nitrogens with zero attached hydrogens (tertiary/aromatic N) is 3. The van der Waals surface area contributed by atoms with Gasteiger partial charge in [-0.1, -0.05) is 16.9 Å². The van der Waals surface area contributed by atoms with Crippen LogP contribution in [0.5, 0.6) is 0 Å². The fourth-order valence-corrected chi connectivity index (χ4v) is 3.87. The van der Waals surface area contributed by atoms with E-state index in [-0.39, 0.29) is 12.5 Å². The third-order valence-corrected chi connectivity index (χ3v) is 5.55. The van der Waals surface area contributed by atoms with E-state index < -0.39 is 5.97 Å². The van der Waals surface area contributed by atoms with E-state index in [2.05, 4.69) is 10.1 Å². The van der Waals surface area contributed by atoms with Crippen LogP contribution in [0.2, 0.25) is 0 Å². The zero-order valence-electron chi connectivity index (χ0n) is 15.5. The average Bonchev–Trinajstić information content (AvgIpc) is 3.36. The molecule has 0 aliphatic carbocycles. The summed E-state index contributed by atoms with van der Waals surface area (Å²) in [7, 11) is 1.68. The number of hydrogen-bond donors (Lipinski definition) is 0. The molecule has 0 aliphatic heterocycles. The summed E-state index contributed by atoms with van der Waals surface area (Å²) in [6, 6.07) is 7.07. The molecule has 3 aromatic heterocycles. The normalized spacial score (nSPS) is 10.6. The first kappa shape index (κ1) is 20.1. The number of esters is 1. The Morgan fingerprint density at radius 2 is 2.21 bits per heavy atom. The predicted octanol–water partition coefficient (Wildman–Crippen LogP) is 3.55. The average molecular weight is 418 g/mol. The fraction of sp³-hybridized carbons (Fsp3) is 0.263. The van der Waals surface area contributed by atoms with Crippen LogP contribution < -0.4 is 0 Å². The number of amides is 1. The van der Waals surface area contributed by atoms with Crippen molar-refractivity contribution in [1.82, 2.24) is 15.0 Å². The highest BCUT2D eigenvalue weighted by atomic mass is 32.2. The van der Waals surface area contributed by atoms with Crippen molar-refractivity contribution in [2.75, 3.05) is 13.7 Å². The Bertz CT molecular complexity index is 940. The Morgan fingerprint density at radius 1 is 1.36 bits per heavy atom. The van der Waals surface area contributed by atoms with E-state index in [9.17, 15) is 9.59 Å². The maximum Gasteiger partial charge on any atom is 0.341 e. The Labute approximate surface area is 170 Å². The minimum absolute atomic E-state index is 0.268. The molecule has 3 heterocycles. The lowest BCUT2D eigenvalue weighted by Gasteiger charge is -2.16. The molecule has 3 aromatic rings. The van der Waals surface area contributed by atoms with Gasteiger partial charge in [0.1, 0.15) is 10.8 Å². The first-order valence-electron chi connectivity index (χ1n) is 8.45. The largest absolute Gasteiger partial charge is 0.452 e. The molecule has 0 aliphatic rings. The summed E-state index contributed by atoms with van der Waals surface area (Å²) < 4.78 is 10.3. The van der Waals surface area contributed by atoms with Gasteiger partial charge < -0.3 is 14.2 Å². The van der Waals surface area contributed by atoms with Crippen LogP contribution in [0, 0.1) is 6.92 Å². The second-order valence-electron chi connectivity index (χ2n) is 6.03. The molecule has 28 heavy (non-hydrogen) atoms. The van der Waals surface area contributed by atoms with Crippen LogP contribution in [0.25, 0.3) is 0 Å². The van der Waals surface area contributed by atoms with Crippen molar-refractivity contribution in [1.29, 1.82) is 0 Å². The van der Waals surface area contributed by atoms with Crippen molar-refractivity contribution in [3.8, 4) is 0 Å². The van der Waals surface area contributed by atoms with Crippen LogP contribution in [0.15, 0.2) is 50.8 Å². The van der Waals surface area contributed by atoms with Gasteiger partial charge in [0, 0.05) is 31.6 Å². The van der Waals surface area contributed by atoms with E-state index in [4.69, 9.17) is 9.26 Å². The lowest BCUT2D eigenvalue weighted by molar-refractivity contribution is -0.133. The summed E-state index contributed by atoms with van der Waals surface area (Å²) >= 11 is 2.93. The maximum atomic E-state index is 12.4. The Kier molecular flexibility index (Phi) is 6.83. The molecule has 0 radical (unpaired) electrons. The molecular weight excluding hydrogens is 398 g/mol. The van der Waals surface area contributed by atoms with Crippen LogP contribution in [-0.4, -0.2) is 40.6 Å². The summed E-state index contributed by atoms with van der Waals surface area (Å²) in [4.78, 5) is 30.4. The Morgan fingerprint density at radius 3 is 2.93 bits per heavy atom. The molecule has 0 N–H and O–H groups in total. The molecule has 3 rings (SSSR count). The minimum atomic E-state index is -0.579. The molecule has 9 heteroatoms. The molecule has 0 unspecified atom stereocenters. The molecule has 0 spiro atoms. The highest BCUT2D eigenvalue weighted by Gasteiger charge is 2.18. The van der Waals surface area contributed by atoms with Crippen LogP contribution in [0.3, 0.4) is 0 Å². The van der Waals surface area contributed by atoms with Crippen molar-refractivity contribution >= 4 is 35.0 Å². The van der Waals surface area contributed by atoms with Crippen molar-refractivity contribution < 1.29 is 18.8 Å². The zero-order chi connectivity index (χ0) is 19.9. The summed E-state index contributed by atoms with van der Waals surface area (Å²) in [6.07, 6.45) is 1.60. The molecule has 146 valence electrons. The monoisotopic (exact) mass is 417 g/mol. The van der Waals surface area contributed by atoms with Crippen LogP contribution >= 0.6 is 23.1 Å². The third kappa shape index (κ3) is 5.43. The quantitative estimate of drug-likeness (QED) is 0.409. The van der Waals surface area contributed by atoms with Gasteiger partial charge in [-0.3, -0.25) is 4.79 Å². The van der Waals surface area contributed by atoms with Crippen molar-refractivity contribution in [2.45, 2.75) is 24.2 Å². The van der Waals surface area contributed by atoms with Gasteiger partial charge >= 0.3 is 5.97 Å². The number of thiophene rings is 1. The minimum Gasteiger partial charge on any atom is -0.452 e. The van der Waals surface area contributed by atoms with Gasteiger partial charge in [-0.2, -0.15) is 11.3 Å². The lowest BCUT2D eigenvalue weighted by atomic mass is 10.3. The predicted molar refractivity (Wildman–Crippen MR) is 106 cm³/mol. The number of aryl methyl sites for hydroxylation is 1. The van der Waals surface area contributed by atoms with Gasteiger partial charge in [0.15, 0.2) is 6.61 Å². The summed E-state index contributed by atoms with van der Waals surface area (Å²) in [5.41, 5.74) is 2.12. The number of ether oxygens (including phenoxy) is 1. The zero-order valence-corrected chi connectivity index (χ0v) is 17.1. The maximum absolute atomic E-state index is 12.4. The van der Waals surface area contributed by atoms with Crippen molar-refractivity contribution in [3.63, 3.8) is 0 Å². The summed E-state index contributed by atoms with van der Waals surface area (Å²) in [6.45, 7) is 1.98. The molecule has 0 fully saturated rings. The molecule has 0 bridgehead atoms. The SMILES string of the molecule is Cc1cc(CSc2ncccc2C(=O)OCC(=O)N(C)Cc2ccsc2)no1. The van der Waals surface area contributed by atoms with Gasteiger partial charge in [0.05, 0.1) is 11.3 Å². The molecular formula is C19H19N3O4S2. The van der Waals surface area contributed by atoms with E-state index in [1.807, 2.05) is 29.8 Å².